The fraction of sp³-hybridized carbons (Fsp3) is 0.471. The van der Waals surface area contributed by atoms with Gasteiger partial charge in [-0.1, -0.05) is 24.6 Å². The summed E-state index contributed by atoms with van der Waals surface area (Å²) in [5.41, 5.74) is 0.959. The minimum atomic E-state index is -0.912. The summed E-state index contributed by atoms with van der Waals surface area (Å²) in [7, 11) is 0. The van der Waals surface area contributed by atoms with E-state index in [-0.39, 0.29) is 0 Å². The van der Waals surface area contributed by atoms with Gasteiger partial charge in [0.1, 0.15) is 16.9 Å². The summed E-state index contributed by atoms with van der Waals surface area (Å²) < 4.78 is 5.76. The van der Waals surface area contributed by atoms with E-state index in [1.54, 1.807) is 0 Å². The van der Waals surface area contributed by atoms with Crippen LogP contribution in [0.5, 0.6) is 0 Å². The van der Waals surface area contributed by atoms with Gasteiger partial charge in [0.15, 0.2) is 0 Å². The first kappa shape index (κ1) is 12.9. The number of nitrogens with one attached hydrogen (secondary N) is 1. The largest absolute Gasteiger partial charge is 0.478 e. The summed E-state index contributed by atoms with van der Waals surface area (Å²) in [5.74, 6) is 1.28. The van der Waals surface area contributed by atoms with Gasteiger partial charge in [0, 0.05) is 11.4 Å². The fourth-order valence-electron chi connectivity index (χ4n) is 4.17. The number of carbonyl (C=O) groups is 1. The lowest BCUT2D eigenvalue weighted by Crippen LogP contribution is -2.33. The topological polar surface area (TPSA) is 62.5 Å². The predicted molar refractivity (Wildman–Crippen MR) is 79.2 cm³/mol. The molecule has 2 fully saturated rings. The number of fused-ring (bicyclic) bond motifs is 3. The molecule has 0 aliphatic heterocycles. The Morgan fingerprint density at radius 2 is 2.14 bits per heavy atom. The fourth-order valence-corrected chi connectivity index (χ4v) is 4.17. The van der Waals surface area contributed by atoms with E-state index in [4.69, 9.17) is 4.42 Å². The Hall–Kier alpha value is -1.81. The lowest BCUT2D eigenvalue weighted by Gasteiger charge is -2.22. The number of hydrogen-bond acceptors (Lipinski definition) is 3. The van der Waals surface area contributed by atoms with E-state index < -0.39 is 5.97 Å². The van der Waals surface area contributed by atoms with E-state index in [0.717, 1.165) is 11.8 Å². The Bertz CT molecular complexity index is 690. The molecule has 110 valence electrons. The maximum atomic E-state index is 11.5. The molecule has 1 aromatic heterocycles. The lowest BCUT2D eigenvalue weighted by molar-refractivity contribution is 0.0696. The molecule has 1 heterocycles. The Morgan fingerprint density at radius 3 is 2.86 bits per heavy atom. The van der Waals surface area contributed by atoms with Gasteiger partial charge in [0.25, 0.3) is 0 Å². The zero-order valence-corrected chi connectivity index (χ0v) is 11.8. The van der Waals surface area contributed by atoms with Crippen molar-refractivity contribution in [3.63, 3.8) is 0 Å². The minimum Gasteiger partial charge on any atom is -0.478 e. The van der Waals surface area contributed by atoms with Gasteiger partial charge in [-0.05, 0) is 37.2 Å². The second-order valence-electron chi connectivity index (χ2n) is 6.36. The van der Waals surface area contributed by atoms with E-state index in [1.807, 2.05) is 24.3 Å². The molecule has 2 aromatic rings. The molecule has 3 unspecified atom stereocenters. The third kappa shape index (κ3) is 2.14. The van der Waals surface area contributed by atoms with Crippen molar-refractivity contribution < 1.29 is 14.3 Å². The maximum absolute atomic E-state index is 11.5. The molecule has 0 radical (unpaired) electrons. The highest BCUT2D eigenvalue weighted by Crippen LogP contribution is 2.44. The standard InChI is InChI=1S/C17H19NO3/c19-17(20)16-12-3-1-2-4-14(12)21-15(16)9-18-13-8-10-5-6-11(13)7-10/h1-4,10-11,13,18H,5-9H2,(H,19,20). The third-order valence-corrected chi connectivity index (χ3v) is 5.15. The van der Waals surface area contributed by atoms with E-state index in [0.29, 0.717) is 34.9 Å². The van der Waals surface area contributed by atoms with Gasteiger partial charge in [0.05, 0.1) is 6.54 Å². The van der Waals surface area contributed by atoms with Crippen LogP contribution in [0, 0.1) is 11.8 Å². The monoisotopic (exact) mass is 285 g/mol. The second-order valence-corrected chi connectivity index (χ2v) is 6.36. The summed E-state index contributed by atoms with van der Waals surface area (Å²) in [6.07, 6.45) is 5.25. The van der Waals surface area contributed by atoms with Crippen LogP contribution in [0.2, 0.25) is 0 Å². The molecular formula is C17H19NO3. The summed E-state index contributed by atoms with van der Waals surface area (Å²) in [6.45, 7) is 0.504. The smallest absolute Gasteiger partial charge is 0.339 e. The minimum absolute atomic E-state index is 0.307. The summed E-state index contributed by atoms with van der Waals surface area (Å²) in [4.78, 5) is 11.5. The Morgan fingerprint density at radius 1 is 1.29 bits per heavy atom. The molecule has 3 atom stereocenters. The van der Waals surface area contributed by atoms with Gasteiger partial charge in [-0.3, -0.25) is 0 Å². The highest BCUT2D eigenvalue weighted by atomic mass is 16.4. The number of aromatic carboxylic acids is 1. The molecule has 4 nitrogen and oxygen atoms in total. The first-order valence-electron chi connectivity index (χ1n) is 7.69. The number of carboxylic acid groups (broad SMARTS) is 1. The van der Waals surface area contributed by atoms with Crippen LogP contribution < -0.4 is 5.32 Å². The van der Waals surface area contributed by atoms with Gasteiger partial charge >= 0.3 is 5.97 Å². The van der Waals surface area contributed by atoms with Crippen molar-refractivity contribution >= 4 is 16.9 Å². The number of furan rings is 1. The van der Waals surface area contributed by atoms with Crippen LogP contribution in [-0.4, -0.2) is 17.1 Å². The number of hydrogen-bond donors (Lipinski definition) is 2. The van der Waals surface area contributed by atoms with Crippen molar-refractivity contribution in [3.8, 4) is 0 Å². The van der Waals surface area contributed by atoms with Crippen molar-refractivity contribution in [2.45, 2.75) is 38.3 Å². The van der Waals surface area contributed by atoms with E-state index in [2.05, 4.69) is 5.32 Å². The molecule has 0 amide bonds. The molecule has 4 heteroatoms. The maximum Gasteiger partial charge on any atom is 0.339 e. The van der Waals surface area contributed by atoms with Gasteiger partial charge in [-0.2, -0.15) is 0 Å². The van der Waals surface area contributed by atoms with Crippen molar-refractivity contribution in [2.24, 2.45) is 11.8 Å². The number of para-hydroxylation sites is 1. The number of carboxylic acids is 1. The van der Waals surface area contributed by atoms with Crippen LogP contribution in [0.15, 0.2) is 28.7 Å². The molecule has 0 saturated heterocycles. The molecule has 2 aliphatic carbocycles. The van der Waals surface area contributed by atoms with E-state index in [9.17, 15) is 9.90 Å². The zero-order valence-electron chi connectivity index (χ0n) is 11.8. The summed E-state index contributed by atoms with van der Waals surface area (Å²) in [5, 5.41) is 13.7. The van der Waals surface area contributed by atoms with Crippen LogP contribution in [0.1, 0.15) is 41.8 Å². The number of rotatable bonds is 4. The molecule has 2 aliphatic rings. The molecule has 0 spiro atoms. The molecule has 2 bridgehead atoms. The van der Waals surface area contributed by atoms with Crippen LogP contribution in [0.3, 0.4) is 0 Å². The average Bonchev–Trinajstić information content (AvgIpc) is 3.17. The SMILES string of the molecule is O=C(O)c1c(CNC2CC3CCC2C3)oc2ccccc12. The van der Waals surface area contributed by atoms with Crippen LogP contribution >= 0.6 is 0 Å². The molecule has 1 aromatic carbocycles. The first-order valence-corrected chi connectivity index (χ1v) is 7.69. The summed E-state index contributed by atoms with van der Waals surface area (Å²) >= 11 is 0. The van der Waals surface area contributed by atoms with Gasteiger partial charge < -0.3 is 14.8 Å². The quantitative estimate of drug-likeness (QED) is 0.903. The second kappa shape index (κ2) is 4.88. The lowest BCUT2D eigenvalue weighted by atomic mass is 9.95. The molecular weight excluding hydrogens is 266 g/mol. The molecule has 4 rings (SSSR count). The zero-order chi connectivity index (χ0) is 14.4. The Balaban J connectivity index is 1.58. The Labute approximate surface area is 123 Å². The van der Waals surface area contributed by atoms with Gasteiger partial charge in [0.2, 0.25) is 0 Å². The van der Waals surface area contributed by atoms with Crippen LogP contribution in [0.4, 0.5) is 0 Å². The van der Waals surface area contributed by atoms with Crippen LogP contribution in [0.25, 0.3) is 11.0 Å². The van der Waals surface area contributed by atoms with Crippen molar-refractivity contribution in [1.29, 1.82) is 0 Å². The first-order chi connectivity index (χ1) is 10.2. The van der Waals surface area contributed by atoms with Crippen molar-refractivity contribution in [2.75, 3.05) is 0 Å². The normalized spacial score (nSPS) is 27.5. The van der Waals surface area contributed by atoms with Crippen molar-refractivity contribution in [3.05, 3.63) is 35.6 Å². The Kier molecular flexibility index (Phi) is 3.00. The van der Waals surface area contributed by atoms with E-state index in [1.165, 1.54) is 25.7 Å². The molecule has 21 heavy (non-hydrogen) atoms. The number of benzene rings is 1. The van der Waals surface area contributed by atoms with Crippen LogP contribution in [-0.2, 0) is 6.54 Å². The third-order valence-electron chi connectivity index (χ3n) is 5.15. The average molecular weight is 285 g/mol. The highest BCUT2D eigenvalue weighted by molar-refractivity contribution is 6.03. The van der Waals surface area contributed by atoms with Gasteiger partial charge in [-0.15, -0.1) is 0 Å². The molecule has 2 saturated carbocycles. The van der Waals surface area contributed by atoms with Crippen molar-refractivity contribution in [1.82, 2.24) is 5.32 Å². The van der Waals surface area contributed by atoms with E-state index >= 15 is 0 Å². The highest BCUT2D eigenvalue weighted by Gasteiger charge is 2.39. The predicted octanol–water partition coefficient (Wildman–Crippen LogP) is 3.41. The molecule has 2 N–H and O–H groups in total. The van der Waals surface area contributed by atoms with Gasteiger partial charge in [-0.25, -0.2) is 4.79 Å². The summed E-state index contributed by atoms with van der Waals surface area (Å²) in [6, 6.07) is 7.87.